The van der Waals surface area contributed by atoms with Crippen LogP contribution in [0.2, 0.25) is 5.15 Å². The van der Waals surface area contributed by atoms with Crippen LogP contribution in [-0.4, -0.2) is 30.9 Å². The van der Waals surface area contributed by atoms with E-state index in [1.807, 2.05) is 0 Å². The predicted molar refractivity (Wildman–Crippen MR) is 71.7 cm³/mol. The third kappa shape index (κ3) is 2.59. The highest BCUT2D eigenvalue weighted by molar-refractivity contribution is 6.29. The average Bonchev–Trinajstić information content (AvgIpc) is 2.94. The molecule has 0 amide bonds. The van der Waals surface area contributed by atoms with E-state index >= 15 is 0 Å². The molecule has 3 heterocycles. The minimum absolute atomic E-state index is 0.215. The molecule has 7 nitrogen and oxygen atoms in total. The van der Waals surface area contributed by atoms with Crippen LogP contribution in [0.4, 0.5) is 0 Å². The summed E-state index contributed by atoms with van der Waals surface area (Å²) in [6.07, 6.45) is 1.60. The van der Waals surface area contributed by atoms with Crippen molar-refractivity contribution >= 4 is 17.6 Å². The first-order chi connectivity index (χ1) is 10.1. The minimum atomic E-state index is -1.38. The van der Waals surface area contributed by atoms with Gasteiger partial charge >= 0.3 is 0 Å². The summed E-state index contributed by atoms with van der Waals surface area (Å²) in [6, 6.07) is 9.75. The van der Waals surface area contributed by atoms with Gasteiger partial charge < -0.3 is 9.90 Å². The van der Waals surface area contributed by atoms with E-state index in [0.29, 0.717) is 17.2 Å². The van der Waals surface area contributed by atoms with Gasteiger partial charge in [0, 0.05) is 6.20 Å². The van der Waals surface area contributed by atoms with Crippen LogP contribution in [0.3, 0.4) is 0 Å². The number of hydrogen-bond donors (Lipinski definition) is 0. The van der Waals surface area contributed by atoms with Gasteiger partial charge in [-0.25, -0.2) is 4.68 Å². The molecular formula is C13H7ClN5O2-. The Labute approximate surface area is 123 Å². The Morgan fingerprint density at radius 2 is 2.05 bits per heavy atom. The van der Waals surface area contributed by atoms with E-state index in [-0.39, 0.29) is 10.8 Å². The summed E-state index contributed by atoms with van der Waals surface area (Å²) in [5, 5.41) is 22.8. The molecule has 0 aliphatic heterocycles. The molecule has 0 bridgehead atoms. The van der Waals surface area contributed by atoms with Crippen molar-refractivity contribution in [2.75, 3.05) is 0 Å². The van der Waals surface area contributed by atoms with Gasteiger partial charge in [0.2, 0.25) is 0 Å². The van der Waals surface area contributed by atoms with Crippen molar-refractivity contribution < 1.29 is 9.90 Å². The summed E-state index contributed by atoms with van der Waals surface area (Å²) in [6.45, 7) is 0. The molecule has 21 heavy (non-hydrogen) atoms. The molecule has 3 aromatic rings. The lowest BCUT2D eigenvalue weighted by atomic mass is 10.2. The fraction of sp³-hybridized carbons (Fsp3) is 0. The van der Waals surface area contributed by atoms with Crippen molar-refractivity contribution in [3.8, 4) is 17.2 Å². The van der Waals surface area contributed by atoms with Crippen molar-refractivity contribution in [1.29, 1.82) is 0 Å². The summed E-state index contributed by atoms with van der Waals surface area (Å²) in [5.74, 6) is -1.06. The molecule has 0 aliphatic carbocycles. The molecule has 0 aliphatic rings. The number of nitrogens with zero attached hydrogens (tertiary/aromatic N) is 5. The highest BCUT2D eigenvalue weighted by atomic mass is 35.5. The zero-order valence-electron chi connectivity index (χ0n) is 10.5. The topological polar surface area (TPSA) is 96.6 Å². The molecule has 0 aromatic carbocycles. The maximum atomic E-state index is 11.0. The number of carbonyl (C=O) groups excluding carboxylic acids is 1. The Bertz CT molecular complexity index is 786. The number of carbonyl (C=O) groups is 1. The monoisotopic (exact) mass is 300 g/mol. The zero-order valence-corrected chi connectivity index (χ0v) is 11.2. The second-order valence-corrected chi connectivity index (χ2v) is 4.43. The third-order valence-electron chi connectivity index (χ3n) is 2.68. The van der Waals surface area contributed by atoms with Crippen LogP contribution in [0.15, 0.2) is 42.6 Å². The van der Waals surface area contributed by atoms with Crippen LogP contribution in [0.1, 0.15) is 10.5 Å². The van der Waals surface area contributed by atoms with Crippen molar-refractivity contribution in [3.05, 3.63) is 53.4 Å². The maximum absolute atomic E-state index is 11.0. The number of aromatic carboxylic acids is 1. The first kappa shape index (κ1) is 13.2. The number of hydrogen-bond acceptors (Lipinski definition) is 6. The summed E-state index contributed by atoms with van der Waals surface area (Å²) < 4.78 is 1.33. The van der Waals surface area contributed by atoms with Gasteiger partial charge in [-0.2, -0.15) is 5.10 Å². The summed E-state index contributed by atoms with van der Waals surface area (Å²) in [7, 11) is 0. The smallest absolute Gasteiger partial charge is 0.176 e. The molecule has 0 saturated heterocycles. The molecule has 0 unspecified atom stereocenters. The Balaban J connectivity index is 2.19. The molecule has 0 radical (unpaired) electrons. The van der Waals surface area contributed by atoms with Gasteiger partial charge in [-0.05, 0) is 30.3 Å². The zero-order chi connectivity index (χ0) is 14.8. The molecular weight excluding hydrogens is 294 g/mol. The highest BCUT2D eigenvalue weighted by Crippen LogP contribution is 2.21. The standard InChI is InChI=1S/C13H8ClN5O2/c14-11-4-5-12(17-16-11)19-10(7-9(18-19)13(20)21)8-3-1-2-6-15-8/h1-7H,(H,20,21)/p-1. The number of aromatic nitrogens is 5. The van der Waals surface area contributed by atoms with E-state index < -0.39 is 5.97 Å². The highest BCUT2D eigenvalue weighted by Gasteiger charge is 2.14. The Morgan fingerprint density at radius 1 is 1.19 bits per heavy atom. The first-order valence-electron chi connectivity index (χ1n) is 5.87. The summed E-state index contributed by atoms with van der Waals surface area (Å²) in [5.41, 5.74) is 0.799. The molecule has 0 fully saturated rings. The van der Waals surface area contributed by atoms with Crippen molar-refractivity contribution in [2.45, 2.75) is 0 Å². The van der Waals surface area contributed by atoms with Gasteiger partial charge in [-0.1, -0.05) is 17.7 Å². The van der Waals surface area contributed by atoms with Gasteiger partial charge in [-0.15, -0.1) is 10.2 Å². The Morgan fingerprint density at radius 3 is 2.67 bits per heavy atom. The van der Waals surface area contributed by atoms with Gasteiger partial charge in [-0.3, -0.25) is 4.98 Å². The van der Waals surface area contributed by atoms with Crippen LogP contribution in [0, 0.1) is 0 Å². The van der Waals surface area contributed by atoms with Crippen molar-refractivity contribution in [3.63, 3.8) is 0 Å². The molecule has 0 spiro atoms. The lowest BCUT2D eigenvalue weighted by molar-refractivity contribution is -0.255. The molecule has 0 atom stereocenters. The van der Waals surface area contributed by atoms with Gasteiger partial charge in [0.25, 0.3) is 0 Å². The van der Waals surface area contributed by atoms with E-state index in [9.17, 15) is 9.90 Å². The van der Waals surface area contributed by atoms with Crippen LogP contribution in [0.25, 0.3) is 17.2 Å². The van der Waals surface area contributed by atoms with E-state index in [4.69, 9.17) is 11.6 Å². The van der Waals surface area contributed by atoms with E-state index in [0.717, 1.165) is 0 Å². The van der Waals surface area contributed by atoms with Crippen LogP contribution in [0.5, 0.6) is 0 Å². The normalized spacial score (nSPS) is 10.5. The van der Waals surface area contributed by atoms with Crippen molar-refractivity contribution in [1.82, 2.24) is 25.0 Å². The van der Waals surface area contributed by atoms with Gasteiger partial charge in [0.05, 0.1) is 17.4 Å². The summed E-state index contributed by atoms with van der Waals surface area (Å²) in [4.78, 5) is 15.2. The number of rotatable bonds is 3. The molecule has 3 rings (SSSR count). The molecule has 8 heteroatoms. The number of pyridine rings is 1. The van der Waals surface area contributed by atoms with Crippen LogP contribution < -0.4 is 5.11 Å². The molecule has 0 N–H and O–H groups in total. The number of halogens is 1. The summed E-state index contributed by atoms with van der Waals surface area (Å²) >= 11 is 5.69. The number of carboxylic acids is 1. The lowest BCUT2D eigenvalue weighted by Gasteiger charge is -2.05. The Kier molecular flexibility index (Phi) is 3.33. The fourth-order valence-corrected chi connectivity index (χ4v) is 1.87. The Hall–Kier alpha value is -2.80. The van der Waals surface area contributed by atoms with Gasteiger partial charge in [0.15, 0.2) is 11.0 Å². The largest absolute Gasteiger partial charge is 0.543 e. The average molecular weight is 301 g/mol. The maximum Gasteiger partial charge on any atom is 0.176 e. The molecule has 3 aromatic heterocycles. The second-order valence-electron chi connectivity index (χ2n) is 4.04. The van der Waals surface area contributed by atoms with Gasteiger partial charge in [0.1, 0.15) is 5.69 Å². The number of carboxylic acid groups (broad SMARTS) is 1. The van der Waals surface area contributed by atoms with Crippen LogP contribution in [-0.2, 0) is 0 Å². The first-order valence-corrected chi connectivity index (χ1v) is 6.25. The van der Waals surface area contributed by atoms with E-state index in [2.05, 4.69) is 20.3 Å². The lowest BCUT2D eigenvalue weighted by Crippen LogP contribution is -2.23. The second kappa shape index (κ2) is 5.29. The minimum Gasteiger partial charge on any atom is -0.543 e. The molecule has 0 saturated carbocycles. The fourth-order valence-electron chi connectivity index (χ4n) is 1.77. The van der Waals surface area contributed by atoms with E-state index in [1.165, 1.54) is 16.8 Å². The van der Waals surface area contributed by atoms with E-state index in [1.54, 1.807) is 30.5 Å². The van der Waals surface area contributed by atoms with Crippen LogP contribution >= 0.6 is 11.6 Å². The quantitative estimate of drug-likeness (QED) is 0.708. The SMILES string of the molecule is O=C([O-])c1cc(-c2ccccn2)n(-c2ccc(Cl)nn2)n1. The van der Waals surface area contributed by atoms with Crippen molar-refractivity contribution in [2.24, 2.45) is 0 Å². The molecule has 104 valence electrons. The predicted octanol–water partition coefficient (Wildman–Crippen LogP) is 0.741. The third-order valence-corrected chi connectivity index (χ3v) is 2.88.